The lowest BCUT2D eigenvalue weighted by Gasteiger charge is -2.28. The van der Waals surface area contributed by atoms with Crippen molar-refractivity contribution < 1.29 is 22.3 Å². The van der Waals surface area contributed by atoms with Crippen LogP contribution >= 0.6 is 11.6 Å². The number of amides is 1. The maximum absolute atomic E-state index is 13.1. The third-order valence-corrected chi connectivity index (χ3v) is 6.17. The van der Waals surface area contributed by atoms with E-state index in [1.54, 1.807) is 24.3 Å². The van der Waals surface area contributed by atoms with Crippen molar-refractivity contribution in [2.75, 3.05) is 23.0 Å². The molecule has 138 valence electrons. The van der Waals surface area contributed by atoms with Crippen LogP contribution in [-0.4, -0.2) is 38.5 Å². The smallest absolute Gasteiger partial charge is 0.265 e. The molecule has 0 bridgehead atoms. The van der Waals surface area contributed by atoms with Crippen LogP contribution < -0.4 is 9.64 Å². The normalized spacial score (nSPS) is 18.5. The Bertz CT molecular complexity index is 905. The molecule has 1 amide bonds. The summed E-state index contributed by atoms with van der Waals surface area (Å²) < 4.78 is 42.2. The van der Waals surface area contributed by atoms with E-state index in [4.69, 9.17) is 16.3 Å². The average molecular weight is 398 g/mol. The van der Waals surface area contributed by atoms with E-state index in [0.29, 0.717) is 12.1 Å². The van der Waals surface area contributed by atoms with Crippen molar-refractivity contribution in [1.29, 1.82) is 0 Å². The molecular weight excluding hydrogens is 381 g/mol. The molecule has 1 saturated heterocycles. The number of halogens is 2. The van der Waals surface area contributed by atoms with Gasteiger partial charge in [0.2, 0.25) is 0 Å². The van der Waals surface area contributed by atoms with Gasteiger partial charge in [0, 0.05) is 5.69 Å². The number of rotatable bonds is 5. The minimum Gasteiger partial charge on any atom is -0.482 e. The Labute approximate surface area is 156 Å². The zero-order valence-electron chi connectivity index (χ0n) is 13.8. The van der Waals surface area contributed by atoms with Gasteiger partial charge in [-0.25, -0.2) is 12.8 Å². The summed E-state index contributed by atoms with van der Waals surface area (Å²) in [5.74, 6) is -0.730. The topological polar surface area (TPSA) is 63.7 Å². The van der Waals surface area contributed by atoms with Crippen molar-refractivity contribution in [2.45, 2.75) is 12.5 Å². The molecule has 1 aliphatic rings. The number of carbonyl (C=O) groups is 1. The van der Waals surface area contributed by atoms with E-state index in [2.05, 4.69) is 0 Å². The van der Waals surface area contributed by atoms with Gasteiger partial charge in [-0.15, -0.1) is 0 Å². The number of benzene rings is 2. The number of para-hydroxylation sites is 1. The second-order valence-corrected chi connectivity index (χ2v) is 8.66. The molecule has 0 N–H and O–H groups in total. The minimum absolute atomic E-state index is 0.0545. The Hall–Kier alpha value is -2.12. The summed E-state index contributed by atoms with van der Waals surface area (Å²) in [5, 5.41) is 0.0625. The van der Waals surface area contributed by atoms with E-state index < -0.39 is 27.6 Å². The molecule has 0 unspecified atom stereocenters. The predicted octanol–water partition coefficient (Wildman–Crippen LogP) is 3.08. The Balaban J connectivity index is 1.79. The zero-order chi connectivity index (χ0) is 18.7. The third kappa shape index (κ3) is 4.34. The van der Waals surface area contributed by atoms with E-state index in [1.165, 1.54) is 17.0 Å². The lowest BCUT2D eigenvalue weighted by atomic mass is 10.2. The van der Waals surface area contributed by atoms with Gasteiger partial charge in [-0.05, 0) is 36.8 Å². The molecule has 0 aliphatic carbocycles. The van der Waals surface area contributed by atoms with Crippen LogP contribution in [-0.2, 0) is 14.6 Å². The number of anilines is 1. The molecule has 3 rings (SSSR count). The van der Waals surface area contributed by atoms with Gasteiger partial charge in [-0.1, -0.05) is 29.8 Å². The highest BCUT2D eigenvalue weighted by Gasteiger charge is 2.35. The van der Waals surface area contributed by atoms with Gasteiger partial charge < -0.3 is 9.64 Å². The first-order valence-corrected chi connectivity index (χ1v) is 10.2. The van der Waals surface area contributed by atoms with Gasteiger partial charge in [-0.3, -0.25) is 4.79 Å². The SMILES string of the molecule is O=C(COc1ccc(F)cc1Cl)N(c1ccccc1)[C@@H]1CCS(=O)(=O)C1. The van der Waals surface area contributed by atoms with E-state index >= 15 is 0 Å². The van der Waals surface area contributed by atoms with Gasteiger partial charge in [0.05, 0.1) is 22.6 Å². The van der Waals surface area contributed by atoms with Crippen molar-refractivity contribution >= 4 is 33.0 Å². The van der Waals surface area contributed by atoms with E-state index in [-0.39, 0.29) is 28.9 Å². The largest absolute Gasteiger partial charge is 0.482 e. The third-order valence-electron chi connectivity index (χ3n) is 4.12. The summed E-state index contributed by atoms with van der Waals surface area (Å²) in [6.07, 6.45) is 0.375. The second kappa shape index (κ2) is 7.63. The van der Waals surface area contributed by atoms with E-state index in [0.717, 1.165) is 6.07 Å². The molecule has 1 fully saturated rings. The fourth-order valence-electron chi connectivity index (χ4n) is 2.93. The van der Waals surface area contributed by atoms with Crippen molar-refractivity contribution in [3.8, 4) is 5.75 Å². The molecule has 8 heteroatoms. The summed E-state index contributed by atoms with van der Waals surface area (Å²) in [6.45, 7) is -0.337. The molecule has 1 aliphatic heterocycles. The van der Waals surface area contributed by atoms with Crippen molar-refractivity contribution in [2.24, 2.45) is 0 Å². The van der Waals surface area contributed by atoms with Crippen molar-refractivity contribution in [3.05, 3.63) is 59.4 Å². The van der Waals surface area contributed by atoms with Crippen LogP contribution in [0.5, 0.6) is 5.75 Å². The number of hydrogen-bond donors (Lipinski definition) is 0. The number of sulfone groups is 1. The fourth-order valence-corrected chi connectivity index (χ4v) is 4.85. The van der Waals surface area contributed by atoms with Crippen LogP contribution in [0.15, 0.2) is 48.5 Å². The molecular formula is C18H17ClFNO4S. The molecule has 2 aromatic carbocycles. The number of carbonyl (C=O) groups excluding carboxylic acids is 1. The Kier molecular flexibility index (Phi) is 5.48. The molecule has 0 spiro atoms. The molecule has 0 radical (unpaired) electrons. The summed E-state index contributed by atoms with van der Waals surface area (Å²) in [7, 11) is -3.16. The van der Waals surface area contributed by atoms with Crippen LogP contribution in [0.3, 0.4) is 0 Å². The highest BCUT2D eigenvalue weighted by Crippen LogP contribution is 2.27. The predicted molar refractivity (Wildman–Crippen MR) is 97.9 cm³/mol. The van der Waals surface area contributed by atoms with Gasteiger partial charge in [0.1, 0.15) is 11.6 Å². The van der Waals surface area contributed by atoms with E-state index in [9.17, 15) is 17.6 Å². The lowest BCUT2D eigenvalue weighted by molar-refractivity contribution is -0.121. The monoisotopic (exact) mass is 397 g/mol. The lowest BCUT2D eigenvalue weighted by Crippen LogP contribution is -2.43. The Morgan fingerprint density at radius 3 is 2.58 bits per heavy atom. The van der Waals surface area contributed by atoms with Gasteiger partial charge >= 0.3 is 0 Å². The molecule has 5 nitrogen and oxygen atoms in total. The zero-order valence-corrected chi connectivity index (χ0v) is 15.3. The van der Waals surface area contributed by atoms with Gasteiger partial charge in [-0.2, -0.15) is 0 Å². The van der Waals surface area contributed by atoms with Gasteiger partial charge in [0.15, 0.2) is 16.4 Å². The molecule has 1 heterocycles. The van der Waals surface area contributed by atoms with Crippen molar-refractivity contribution in [1.82, 2.24) is 0 Å². The standard InChI is InChI=1S/C18H17ClFNO4S/c19-16-10-13(20)6-7-17(16)25-11-18(22)21(14-4-2-1-3-5-14)15-8-9-26(23,24)12-15/h1-7,10,15H,8-9,11-12H2/t15-/m1/s1. The summed E-state index contributed by atoms with van der Waals surface area (Å²) >= 11 is 5.90. The number of hydrogen-bond acceptors (Lipinski definition) is 4. The van der Waals surface area contributed by atoms with Gasteiger partial charge in [0.25, 0.3) is 5.91 Å². The maximum atomic E-state index is 13.1. The van der Waals surface area contributed by atoms with Crippen LogP contribution in [0, 0.1) is 5.82 Å². The first kappa shape index (κ1) is 18.7. The summed E-state index contributed by atoms with van der Waals surface area (Å²) in [5.41, 5.74) is 0.605. The number of ether oxygens (including phenoxy) is 1. The fraction of sp³-hybridized carbons (Fsp3) is 0.278. The molecule has 1 atom stereocenters. The van der Waals surface area contributed by atoms with Crippen molar-refractivity contribution in [3.63, 3.8) is 0 Å². The highest BCUT2D eigenvalue weighted by atomic mass is 35.5. The average Bonchev–Trinajstić information content (AvgIpc) is 2.95. The first-order valence-electron chi connectivity index (χ1n) is 8.01. The maximum Gasteiger partial charge on any atom is 0.265 e. The molecule has 26 heavy (non-hydrogen) atoms. The Morgan fingerprint density at radius 1 is 1.23 bits per heavy atom. The quantitative estimate of drug-likeness (QED) is 0.777. The Morgan fingerprint density at radius 2 is 1.96 bits per heavy atom. The highest BCUT2D eigenvalue weighted by molar-refractivity contribution is 7.91. The summed E-state index contributed by atoms with van der Waals surface area (Å²) in [6, 6.07) is 12.0. The molecule has 0 saturated carbocycles. The summed E-state index contributed by atoms with van der Waals surface area (Å²) in [4.78, 5) is 14.2. The first-order chi connectivity index (χ1) is 12.4. The van der Waals surface area contributed by atoms with Crippen LogP contribution in [0.1, 0.15) is 6.42 Å². The molecule has 2 aromatic rings. The minimum atomic E-state index is -3.16. The molecule has 0 aromatic heterocycles. The second-order valence-electron chi connectivity index (χ2n) is 6.02. The number of nitrogens with zero attached hydrogens (tertiary/aromatic N) is 1. The van der Waals surface area contributed by atoms with Crippen LogP contribution in [0.25, 0.3) is 0 Å². The van der Waals surface area contributed by atoms with E-state index in [1.807, 2.05) is 6.07 Å². The van der Waals surface area contributed by atoms with Crippen LogP contribution in [0.4, 0.5) is 10.1 Å². The van der Waals surface area contributed by atoms with Crippen LogP contribution in [0.2, 0.25) is 5.02 Å².